The monoisotopic (exact) mass is 265 g/mol. The second kappa shape index (κ2) is 7.17. The summed E-state index contributed by atoms with van der Waals surface area (Å²) in [6.07, 6.45) is 6.32. The average molecular weight is 265 g/mol. The molecule has 0 aromatic heterocycles. The second-order valence-corrected chi connectivity index (χ2v) is 5.91. The van der Waals surface area contributed by atoms with E-state index >= 15 is 0 Å². The second-order valence-electron chi connectivity index (χ2n) is 5.03. The standard InChI is InChI=1S/C15H23NOS/c1-16(12-14-5-3-4-10-17-14)11-13-6-8-15(18-2)9-7-13/h6-9,14H,3-5,10-12H2,1-2H3. The zero-order valence-electron chi connectivity index (χ0n) is 11.4. The van der Waals surface area contributed by atoms with E-state index in [-0.39, 0.29) is 0 Å². The van der Waals surface area contributed by atoms with E-state index in [1.807, 2.05) is 0 Å². The van der Waals surface area contributed by atoms with Gasteiger partial charge in [-0.25, -0.2) is 0 Å². The molecule has 2 nitrogen and oxygen atoms in total. The molecule has 1 aliphatic heterocycles. The largest absolute Gasteiger partial charge is 0.377 e. The van der Waals surface area contributed by atoms with Gasteiger partial charge in [0.1, 0.15) is 0 Å². The minimum absolute atomic E-state index is 0.439. The van der Waals surface area contributed by atoms with Crippen LogP contribution in [0.1, 0.15) is 24.8 Å². The van der Waals surface area contributed by atoms with Crippen molar-refractivity contribution >= 4 is 11.8 Å². The van der Waals surface area contributed by atoms with E-state index in [1.54, 1.807) is 11.8 Å². The maximum absolute atomic E-state index is 5.78. The molecule has 1 aromatic carbocycles. The fourth-order valence-corrected chi connectivity index (χ4v) is 2.81. The Kier molecular flexibility index (Phi) is 5.54. The molecule has 1 fully saturated rings. The van der Waals surface area contributed by atoms with E-state index in [9.17, 15) is 0 Å². The van der Waals surface area contributed by atoms with E-state index in [1.165, 1.54) is 29.7 Å². The van der Waals surface area contributed by atoms with Crippen LogP contribution in [0.5, 0.6) is 0 Å². The predicted octanol–water partition coefficient (Wildman–Crippen LogP) is 3.41. The molecule has 1 unspecified atom stereocenters. The molecule has 1 aliphatic rings. The van der Waals surface area contributed by atoms with Crippen molar-refractivity contribution in [2.45, 2.75) is 36.8 Å². The van der Waals surface area contributed by atoms with Gasteiger partial charge in [0.15, 0.2) is 0 Å². The van der Waals surface area contributed by atoms with Crippen LogP contribution in [0.2, 0.25) is 0 Å². The van der Waals surface area contributed by atoms with Gasteiger partial charge >= 0.3 is 0 Å². The Balaban J connectivity index is 1.80. The fraction of sp³-hybridized carbons (Fsp3) is 0.600. The van der Waals surface area contributed by atoms with Crippen molar-refractivity contribution < 1.29 is 4.74 Å². The van der Waals surface area contributed by atoms with E-state index in [4.69, 9.17) is 4.74 Å². The summed E-state index contributed by atoms with van der Waals surface area (Å²) in [7, 11) is 2.18. The van der Waals surface area contributed by atoms with Gasteiger partial charge in [-0.1, -0.05) is 12.1 Å². The maximum Gasteiger partial charge on any atom is 0.0702 e. The summed E-state index contributed by atoms with van der Waals surface area (Å²) < 4.78 is 5.78. The van der Waals surface area contributed by atoms with Crippen molar-refractivity contribution in [3.8, 4) is 0 Å². The van der Waals surface area contributed by atoms with Gasteiger partial charge in [0.05, 0.1) is 6.10 Å². The van der Waals surface area contributed by atoms with Crippen LogP contribution in [-0.2, 0) is 11.3 Å². The van der Waals surface area contributed by atoms with E-state index in [0.717, 1.165) is 19.7 Å². The number of nitrogens with zero attached hydrogens (tertiary/aromatic N) is 1. The van der Waals surface area contributed by atoms with Gasteiger partial charge in [-0.15, -0.1) is 11.8 Å². The number of hydrogen-bond donors (Lipinski definition) is 0. The number of likely N-dealkylation sites (N-methyl/N-ethyl adjacent to an activating group) is 1. The first-order chi connectivity index (χ1) is 8.78. The van der Waals surface area contributed by atoms with Gasteiger partial charge in [0.25, 0.3) is 0 Å². The molecule has 100 valence electrons. The average Bonchev–Trinajstić information content (AvgIpc) is 2.40. The highest BCUT2D eigenvalue weighted by Gasteiger charge is 2.15. The highest BCUT2D eigenvalue weighted by Crippen LogP contribution is 2.17. The van der Waals surface area contributed by atoms with Crippen LogP contribution in [0.3, 0.4) is 0 Å². The van der Waals surface area contributed by atoms with Crippen molar-refractivity contribution in [3.63, 3.8) is 0 Å². The first-order valence-electron chi connectivity index (χ1n) is 6.71. The SMILES string of the molecule is CSc1ccc(CN(C)CC2CCCCO2)cc1. The molecule has 0 saturated carbocycles. The third-order valence-corrected chi connectivity index (χ3v) is 4.14. The molecule has 1 atom stereocenters. The lowest BCUT2D eigenvalue weighted by atomic mass is 10.1. The van der Waals surface area contributed by atoms with Gasteiger partial charge < -0.3 is 4.74 Å². The molecule has 1 saturated heterocycles. The summed E-state index contributed by atoms with van der Waals surface area (Å²) in [4.78, 5) is 3.70. The zero-order valence-corrected chi connectivity index (χ0v) is 12.2. The minimum atomic E-state index is 0.439. The van der Waals surface area contributed by atoms with Crippen molar-refractivity contribution in [2.24, 2.45) is 0 Å². The summed E-state index contributed by atoms with van der Waals surface area (Å²) in [5.41, 5.74) is 1.38. The first kappa shape index (κ1) is 13.9. The van der Waals surface area contributed by atoms with Gasteiger partial charge in [-0.2, -0.15) is 0 Å². The maximum atomic E-state index is 5.78. The molecule has 2 rings (SSSR count). The summed E-state index contributed by atoms with van der Waals surface area (Å²) >= 11 is 1.79. The highest BCUT2D eigenvalue weighted by atomic mass is 32.2. The molecule has 1 aromatic rings. The smallest absolute Gasteiger partial charge is 0.0702 e. The third kappa shape index (κ3) is 4.30. The van der Waals surface area contributed by atoms with Crippen LogP contribution >= 0.6 is 11.8 Å². The number of ether oxygens (including phenoxy) is 1. The van der Waals surface area contributed by atoms with Crippen molar-refractivity contribution in [1.82, 2.24) is 4.90 Å². The topological polar surface area (TPSA) is 12.5 Å². The van der Waals surface area contributed by atoms with Gasteiger partial charge in [0.2, 0.25) is 0 Å². The highest BCUT2D eigenvalue weighted by molar-refractivity contribution is 7.98. The van der Waals surface area contributed by atoms with E-state index in [2.05, 4.69) is 42.5 Å². The lowest BCUT2D eigenvalue weighted by molar-refractivity contribution is -0.00259. The lowest BCUT2D eigenvalue weighted by Gasteiger charge is -2.27. The molecule has 0 radical (unpaired) electrons. The Morgan fingerprint density at radius 2 is 2.06 bits per heavy atom. The molecular formula is C15H23NOS. The third-order valence-electron chi connectivity index (χ3n) is 3.40. The molecular weight excluding hydrogens is 242 g/mol. The zero-order chi connectivity index (χ0) is 12.8. The Morgan fingerprint density at radius 3 is 2.67 bits per heavy atom. The predicted molar refractivity (Wildman–Crippen MR) is 78.1 cm³/mol. The molecule has 1 heterocycles. The van der Waals surface area contributed by atoms with Crippen molar-refractivity contribution in [1.29, 1.82) is 0 Å². The minimum Gasteiger partial charge on any atom is -0.377 e. The summed E-state index contributed by atoms with van der Waals surface area (Å²) in [6.45, 7) is 3.00. The summed E-state index contributed by atoms with van der Waals surface area (Å²) in [6, 6.07) is 8.85. The lowest BCUT2D eigenvalue weighted by Crippen LogP contribution is -2.33. The van der Waals surface area contributed by atoms with E-state index in [0.29, 0.717) is 6.10 Å². The molecule has 0 aliphatic carbocycles. The van der Waals surface area contributed by atoms with Crippen LogP contribution in [0, 0.1) is 0 Å². The molecule has 0 N–H and O–H groups in total. The van der Waals surface area contributed by atoms with Crippen LogP contribution in [0.15, 0.2) is 29.2 Å². The quantitative estimate of drug-likeness (QED) is 0.757. The fourth-order valence-electron chi connectivity index (χ4n) is 2.41. The van der Waals surface area contributed by atoms with Gasteiger partial charge in [-0.05, 0) is 50.3 Å². The van der Waals surface area contributed by atoms with Crippen LogP contribution < -0.4 is 0 Å². The number of thioether (sulfide) groups is 1. The normalized spacial score (nSPS) is 20.3. The number of benzene rings is 1. The number of rotatable bonds is 5. The Bertz CT molecular complexity index is 346. The Labute approximate surface area is 115 Å². The number of hydrogen-bond acceptors (Lipinski definition) is 3. The molecule has 0 spiro atoms. The summed E-state index contributed by atoms with van der Waals surface area (Å²) in [5.74, 6) is 0. The van der Waals surface area contributed by atoms with Crippen LogP contribution in [0.25, 0.3) is 0 Å². The van der Waals surface area contributed by atoms with Crippen LogP contribution in [-0.4, -0.2) is 37.5 Å². The van der Waals surface area contributed by atoms with Gasteiger partial charge in [-0.3, -0.25) is 4.90 Å². The van der Waals surface area contributed by atoms with Gasteiger partial charge in [0, 0.05) is 24.6 Å². The van der Waals surface area contributed by atoms with Crippen LogP contribution in [0.4, 0.5) is 0 Å². The molecule has 18 heavy (non-hydrogen) atoms. The molecule has 0 amide bonds. The Hall–Kier alpha value is -0.510. The van der Waals surface area contributed by atoms with Crippen molar-refractivity contribution in [2.75, 3.05) is 26.5 Å². The Morgan fingerprint density at radius 1 is 1.28 bits per heavy atom. The van der Waals surface area contributed by atoms with E-state index < -0.39 is 0 Å². The molecule has 3 heteroatoms. The summed E-state index contributed by atoms with van der Waals surface area (Å²) in [5, 5.41) is 0. The van der Waals surface area contributed by atoms with Crippen molar-refractivity contribution in [3.05, 3.63) is 29.8 Å². The first-order valence-corrected chi connectivity index (χ1v) is 7.93. The molecule has 0 bridgehead atoms.